The minimum absolute atomic E-state index is 0.0952. The Labute approximate surface area is 276 Å². The SMILES string of the molecule is CC(=O)Nc1cccc(N2C(=O)NC(=O)C(=CC=C(C=Cc3c(O)[nH]c(=O)n(-c4cccc(NC(C)=O)c4)c3=O)c3ccncc3)C2=O)c1. The van der Waals surface area contributed by atoms with Crippen LogP contribution in [0.5, 0.6) is 5.88 Å². The Hall–Kier alpha value is -7.16. The molecule has 1 fully saturated rings. The van der Waals surface area contributed by atoms with Crippen LogP contribution in [0.3, 0.4) is 0 Å². The summed E-state index contributed by atoms with van der Waals surface area (Å²) < 4.78 is 0.778. The standard InChI is InChI=1S/C34H27N7O8/c1-19(42)36-23-5-3-7-25(17-23)40-31(46)27(29(44)38-33(40)48)11-9-21(22-13-15-35-16-14-22)10-12-28-30(45)39-34(49)41(32(28)47)26-8-4-6-24(18-26)37-20(2)43/h3-18,44H,1-2H3,(H,36,42)(H,37,43)(H,38,48)(H,39,45,49). The minimum Gasteiger partial charge on any atom is -0.494 e. The third kappa shape index (κ3) is 7.47. The van der Waals surface area contributed by atoms with Crippen LogP contribution in [0, 0.1) is 0 Å². The van der Waals surface area contributed by atoms with Gasteiger partial charge in [0.25, 0.3) is 17.4 Å². The largest absolute Gasteiger partial charge is 0.494 e. The molecule has 4 aromatic rings. The number of imide groups is 2. The maximum Gasteiger partial charge on any atom is 0.335 e. The average Bonchev–Trinajstić information content (AvgIpc) is 3.03. The van der Waals surface area contributed by atoms with Gasteiger partial charge in [0.1, 0.15) is 11.1 Å². The van der Waals surface area contributed by atoms with Crippen molar-refractivity contribution in [3.63, 3.8) is 0 Å². The molecule has 5 N–H and O–H groups in total. The molecule has 15 heteroatoms. The molecule has 1 aliphatic rings. The molecule has 1 saturated heterocycles. The molecule has 6 amide bonds. The van der Waals surface area contributed by atoms with Gasteiger partial charge in [0.15, 0.2) is 0 Å². The molecule has 2 aromatic heterocycles. The lowest BCUT2D eigenvalue weighted by Crippen LogP contribution is -2.54. The van der Waals surface area contributed by atoms with Gasteiger partial charge in [-0.25, -0.2) is 19.1 Å². The number of barbiturate groups is 1. The fraction of sp³-hybridized carbons (Fsp3) is 0.0588. The van der Waals surface area contributed by atoms with Crippen molar-refractivity contribution in [2.75, 3.05) is 15.5 Å². The Kier molecular flexibility index (Phi) is 9.55. The molecule has 3 heterocycles. The maximum absolute atomic E-state index is 13.5. The molecule has 246 valence electrons. The molecule has 1 aliphatic heterocycles. The summed E-state index contributed by atoms with van der Waals surface area (Å²) in [4.78, 5) is 95.3. The first-order chi connectivity index (χ1) is 23.4. The summed E-state index contributed by atoms with van der Waals surface area (Å²) in [7, 11) is 0. The van der Waals surface area contributed by atoms with E-state index in [9.17, 15) is 38.7 Å². The second-order valence-electron chi connectivity index (χ2n) is 10.5. The number of hydrogen-bond acceptors (Lipinski definition) is 9. The number of carbonyl (C=O) groups excluding carboxylic acids is 5. The molecule has 5 rings (SSSR count). The van der Waals surface area contributed by atoms with E-state index in [1.54, 1.807) is 24.3 Å². The van der Waals surface area contributed by atoms with E-state index in [0.29, 0.717) is 22.5 Å². The van der Waals surface area contributed by atoms with Crippen molar-refractivity contribution in [1.82, 2.24) is 19.9 Å². The van der Waals surface area contributed by atoms with E-state index in [2.05, 4.69) is 25.9 Å². The predicted molar refractivity (Wildman–Crippen MR) is 180 cm³/mol. The number of rotatable bonds is 8. The number of allylic oxidation sites excluding steroid dienone is 4. The van der Waals surface area contributed by atoms with Gasteiger partial charge in [-0.2, -0.15) is 0 Å². The van der Waals surface area contributed by atoms with E-state index in [0.717, 1.165) is 9.47 Å². The lowest BCUT2D eigenvalue weighted by atomic mass is 10.0. The summed E-state index contributed by atoms with van der Waals surface area (Å²) in [6.45, 7) is 2.60. The Morgan fingerprint density at radius 2 is 1.47 bits per heavy atom. The van der Waals surface area contributed by atoms with Crippen molar-refractivity contribution >= 4 is 58.4 Å². The molecule has 0 aliphatic carbocycles. The molecule has 49 heavy (non-hydrogen) atoms. The summed E-state index contributed by atoms with van der Waals surface area (Å²) in [5.74, 6) is -3.34. The first-order valence-electron chi connectivity index (χ1n) is 14.5. The second kappa shape index (κ2) is 14.1. The molecule has 0 bridgehead atoms. The Morgan fingerprint density at radius 3 is 2.10 bits per heavy atom. The van der Waals surface area contributed by atoms with E-state index in [4.69, 9.17) is 0 Å². The molecule has 0 unspecified atom stereocenters. The van der Waals surface area contributed by atoms with Crippen LogP contribution in [0.15, 0.2) is 106 Å². The first kappa shape index (κ1) is 33.2. The number of nitrogens with one attached hydrogen (secondary N) is 4. The summed E-state index contributed by atoms with van der Waals surface area (Å²) >= 11 is 0. The summed E-state index contributed by atoms with van der Waals surface area (Å²) in [5, 5.41) is 17.8. The first-order valence-corrected chi connectivity index (χ1v) is 14.5. The van der Waals surface area contributed by atoms with Crippen molar-refractivity contribution in [1.29, 1.82) is 0 Å². The van der Waals surface area contributed by atoms with Gasteiger partial charge in [0, 0.05) is 37.6 Å². The lowest BCUT2D eigenvalue weighted by Gasteiger charge is -2.26. The minimum atomic E-state index is -0.988. The molecule has 0 saturated carbocycles. The number of aromatic amines is 1. The number of benzene rings is 2. The Morgan fingerprint density at radius 1 is 0.857 bits per heavy atom. The number of aromatic hydroxyl groups is 1. The van der Waals surface area contributed by atoms with Gasteiger partial charge in [-0.05, 0) is 71.8 Å². The summed E-state index contributed by atoms with van der Waals surface area (Å²) in [5.41, 5.74) is -0.811. The third-order valence-electron chi connectivity index (χ3n) is 6.94. The lowest BCUT2D eigenvalue weighted by molar-refractivity contribution is -0.123. The summed E-state index contributed by atoms with van der Waals surface area (Å²) in [6.07, 6.45) is 8.18. The smallest absolute Gasteiger partial charge is 0.335 e. The number of pyridine rings is 1. The van der Waals surface area contributed by atoms with Crippen LogP contribution in [0.1, 0.15) is 25.0 Å². The zero-order valence-electron chi connectivity index (χ0n) is 25.9. The maximum atomic E-state index is 13.5. The van der Waals surface area contributed by atoms with E-state index in [1.165, 1.54) is 86.9 Å². The highest BCUT2D eigenvalue weighted by molar-refractivity contribution is 6.37. The van der Waals surface area contributed by atoms with E-state index < -0.39 is 40.5 Å². The topological polar surface area (TPSA) is 213 Å². The van der Waals surface area contributed by atoms with Crippen LogP contribution in [-0.4, -0.2) is 49.3 Å². The number of carbonyl (C=O) groups is 5. The van der Waals surface area contributed by atoms with Crippen molar-refractivity contribution in [2.45, 2.75) is 13.8 Å². The van der Waals surface area contributed by atoms with Crippen molar-refractivity contribution in [3.05, 3.63) is 129 Å². The number of hydrogen-bond donors (Lipinski definition) is 5. The van der Waals surface area contributed by atoms with Gasteiger partial charge in [-0.3, -0.25) is 39.3 Å². The highest BCUT2D eigenvalue weighted by Crippen LogP contribution is 2.25. The highest BCUT2D eigenvalue weighted by Gasteiger charge is 2.36. The predicted octanol–water partition coefficient (Wildman–Crippen LogP) is 2.85. The van der Waals surface area contributed by atoms with Crippen LogP contribution >= 0.6 is 0 Å². The van der Waals surface area contributed by atoms with Gasteiger partial charge >= 0.3 is 11.7 Å². The molecular weight excluding hydrogens is 634 g/mol. The number of aromatic nitrogens is 3. The van der Waals surface area contributed by atoms with E-state index >= 15 is 0 Å². The monoisotopic (exact) mass is 661 g/mol. The highest BCUT2D eigenvalue weighted by atomic mass is 16.3. The molecular formula is C34H27N7O8. The molecule has 2 aromatic carbocycles. The normalized spacial score (nSPS) is 14.2. The average molecular weight is 662 g/mol. The van der Waals surface area contributed by atoms with Crippen LogP contribution in [0.4, 0.5) is 21.9 Å². The van der Waals surface area contributed by atoms with Gasteiger partial charge in [-0.15, -0.1) is 0 Å². The van der Waals surface area contributed by atoms with Gasteiger partial charge in [0.05, 0.1) is 11.4 Å². The fourth-order valence-corrected chi connectivity index (χ4v) is 4.83. The van der Waals surface area contributed by atoms with E-state index in [1.807, 2.05) is 0 Å². The molecule has 15 nitrogen and oxygen atoms in total. The fourth-order valence-electron chi connectivity index (χ4n) is 4.83. The number of H-pyrrole nitrogens is 1. The number of anilines is 3. The zero-order chi connectivity index (χ0) is 35.2. The van der Waals surface area contributed by atoms with Crippen molar-refractivity contribution < 1.29 is 29.1 Å². The molecule has 0 radical (unpaired) electrons. The van der Waals surface area contributed by atoms with E-state index in [-0.39, 0.29) is 28.8 Å². The van der Waals surface area contributed by atoms with Crippen LogP contribution in [0.2, 0.25) is 0 Å². The Bertz CT molecular complexity index is 2230. The quantitative estimate of drug-likeness (QED) is 0.107. The van der Waals surface area contributed by atoms with Gasteiger partial charge < -0.3 is 15.7 Å². The van der Waals surface area contributed by atoms with Crippen molar-refractivity contribution in [2.24, 2.45) is 0 Å². The van der Waals surface area contributed by atoms with Gasteiger partial charge in [-0.1, -0.05) is 24.3 Å². The van der Waals surface area contributed by atoms with Crippen LogP contribution in [0.25, 0.3) is 17.3 Å². The summed E-state index contributed by atoms with van der Waals surface area (Å²) in [6, 6.07) is 14.1. The van der Waals surface area contributed by atoms with Crippen LogP contribution in [-0.2, 0) is 19.2 Å². The number of nitrogens with zero attached hydrogens (tertiary/aromatic N) is 3. The number of urea groups is 1. The Balaban J connectivity index is 1.55. The van der Waals surface area contributed by atoms with Crippen molar-refractivity contribution in [3.8, 4) is 11.6 Å². The second-order valence-corrected chi connectivity index (χ2v) is 10.5. The zero-order valence-corrected chi connectivity index (χ0v) is 25.9. The van der Waals surface area contributed by atoms with Gasteiger partial charge in [0.2, 0.25) is 17.7 Å². The molecule has 0 spiro atoms. The number of amides is 6. The third-order valence-corrected chi connectivity index (χ3v) is 6.94. The molecule has 0 atom stereocenters. The van der Waals surface area contributed by atoms with Crippen LogP contribution < -0.4 is 32.1 Å².